The van der Waals surface area contributed by atoms with Crippen molar-refractivity contribution in [3.8, 4) is 0 Å². The Hall–Kier alpha value is -1.49. The van der Waals surface area contributed by atoms with Crippen LogP contribution in [0, 0.1) is 23.0 Å². The molecule has 2 aliphatic rings. The predicted molar refractivity (Wildman–Crippen MR) is 80.1 cm³/mol. The summed E-state index contributed by atoms with van der Waals surface area (Å²) in [5.41, 5.74) is 0.126. The molecule has 1 saturated carbocycles. The van der Waals surface area contributed by atoms with Crippen LogP contribution in [0.15, 0.2) is 18.2 Å². The maximum absolute atomic E-state index is 13.8. The van der Waals surface area contributed by atoms with Crippen molar-refractivity contribution in [1.82, 2.24) is 10.2 Å². The lowest BCUT2D eigenvalue weighted by atomic mass is 9.91. The summed E-state index contributed by atoms with van der Waals surface area (Å²) in [4.78, 5) is 14.3. The van der Waals surface area contributed by atoms with E-state index >= 15 is 0 Å². The Morgan fingerprint density at radius 3 is 2.55 bits per heavy atom. The maximum atomic E-state index is 13.8. The van der Waals surface area contributed by atoms with Gasteiger partial charge < -0.3 is 10.2 Å². The van der Waals surface area contributed by atoms with Gasteiger partial charge in [-0.25, -0.2) is 8.78 Å². The van der Waals surface area contributed by atoms with E-state index in [4.69, 9.17) is 0 Å². The van der Waals surface area contributed by atoms with Gasteiger partial charge in [0.1, 0.15) is 11.6 Å². The number of carbonyl (C=O) groups is 1. The first-order chi connectivity index (χ1) is 10.6. The van der Waals surface area contributed by atoms with Crippen LogP contribution < -0.4 is 5.32 Å². The molecule has 1 unspecified atom stereocenters. The molecule has 1 saturated heterocycles. The lowest BCUT2D eigenvalue weighted by Crippen LogP contribution is -2.36. The quantitative estimate of drug-likeness (QED) is 0.927. The number of benzene rings is 1. The zero-order valence-corrected chi connectivity index (χ0v) is 12.9. The molecule has 3 rings (SSSR count). The summed E-state index contributed by atoms with van der Waals surface area (Å²) in [5, 5.41) is 3.31. The van der Waals surface area contributed by atoms with Crippen LogP contribution in [-0.2, 0) is 11.3 Å². The molecule has 3 nitrogen and oxygen atoms in total. The number of nitrogens with zero attached hydrogens (tertiary/aromatic N) is 1. The molecule has 1 aliphatic heterocycles. The highest BCUT2D eigenvalue weighted by Crippen LogP contribution is 2.59. The van der Waals surface area contributed by atoms with E-state index in [2.05, 4.69) is 5.32 Å². The second kappa shape index (κ2) is 5.95. The average Bonchev–Trinajstić information content (AvgIpc) is 3.20. The van der Waals surface area contributed by atoms with Gasteiger partial charge in [-0.05, 0) is 56.8 Å². The van der Waals surface area contributed by atoms with E-state index in [1.165, 1.54) is 18.2 Å². The van der Waals surface area contributed by atoms with Gasteiger partial charge in [0.25, 0.3) is 0 Å². The van der Waals surface area contributed by atoms with E-state index in [9.17, 15) is 13.6 Å². The van der Waals surface area contributed by atoms with E-state index in [-0.39, 0.29) is 29.3 Å². The summed E-state index contributed by atoms with van der Waals surface area (Å²) in [6.07, 6.45) is 2.97. The van der Waals surface area contributed by atoms with Gasteiger partial charge in [-0.15, -0.1) is 0 Å². The minimum absolute atomic E-state index is 0.0126. The van der Waals surface area contributed by atoms with Crippen molar-refractivity contribution in [3.63, 3.8) is 0 Å². The lowest BCUT2D eigenvalue weighted by molar-refractivity contribution is -0.134. The molecular weight excluding hydrogens is 286 g/mol. The minimum atomic E-state index is -0.585. The van der Waals surface area contributed by atoms with Gasteiger partial charge in [-0.3, -0.25) is 4.79 Å². The molecule has 0 aromatic heterocycles. The van der Waals surface area contributed by atoms with E-state index in [1.54, 1.807) is 4.90 Å². The molecule has 1 aromatic rings. The summed E-state index contributed by atoms with van der Waals surface area (Å²) in [6, 6.07) is 3.82. The van der Waals surface area contributed by atoms with Crippen molar-refractivity contribution in [3.05, 3.63) is 35.4 Å². The molecule has 1 aliphatic carbocycles. The fourth-order valence-corrected chi connectivity index (χ4v) is 3.61. The standard InChI is InChI=1S/C17H22F2N2O/c1-2-21(11-12-14(18)4-3-5-15(12)19)16(22)13-10-17(13)6-8-20-9-7-17/h3-5,13,20H,2,6-11H2,1H3. The Morgan fingerprint density at radius 2 is 1.95 bits per heavy atom. The Bertz CT molecular complexity index is 550. The number of hydrogen-bond donors (Lipinski definition) is 1. The number of halogens is 2. The fraction of sp³-hybridized carbons (Fsp3) is 0.588. The van der Waals surface area contributed by atoms with E-state index < -0.39 is 11.6 Å². The first-order valence-corrected chi connectivity index (χ1v) is 8.00. The van der Waals surface area contributed by atoms with Crippen LogP contribution in [0.1, 0.15) is 31.7 Å². The molecule has 1 aromatic carbocycles. The molecule has 1 atom stereocenters. The molecule has 1 heterocycles. The third-order valence-corrected chi connectivity index (χ3v) is 5.19. The number of piperidine rings is 1. The lowest BCUT2D eigenvalue weighted by Gasteiger charge is -2.26. The molecule has 120 valence electrons. The Kier molecular flexibility index (Phi) is 4.17. The van der Waals surface area contributed by atoms with Crippen molar-refractivity contribution in [2.45, 2.75) is 32.7 Å². The molecule has 5 heteroatoms. The number of rotatable bonds is 4. The average molecular weight is 308 g/mol. The molecule has 2 fully saturated rings. The van der Waals surface area contributed by atoms with Crippen LogP contribution in [0.3, 0.4) is 0 Å². The highest BCUT2D eigenvalue weighted by atomic mass is 19.1. The third kappa shape index (κ3) is 2.74. The van der Waals surface area contributed by atoms with Crippen LogP contribution in [0.25, 0.3) is 0 Å². The zero-order valence-electron chi connectivity index (χ0n) is 12.9. The van der Waals surface area contributed by atoms with Crippen molar-refractivity contribution in [2.24, 2.45) is 11.3 Å². The van der Waals surface area contributed by atoms with Crippen LogP contribution in [0.2, 0.25) is 0 Å². The minimum Gasteiger partial charge on any atom is -0.338 e. The summed E-state index contributed by atoms with van der Waals surface area (Å²) in [7, 11) is 0. The highest BCUT2D eigenvalue weighted by Gasteiger charge is 2.58. The Labute approximate surface area is 129 Å². The Balaban J connectivity index is 1.71. The summed E-state index contributed by atoms with van der Waals surface area (Å²) >= 11 is 0. The monoisotopic (exact) mass is 308 g/mol. The zero-order chi connectivity index (χ0) is 15.7. The van der Waals surface area contributed by atoms with Crippen molar-refractivity contribution >= 4 is 5.91 Å². The number of nitrogens with one attached hydrogen (secondary N) is 1. The summed E-state index contributed by atoms with van der Waals surface area (Å²) in [6.45, 7) is 4.25. The summed E-state index contributed by atoms with van der Waals surface area (Å²) in [5.74, 6) is -1.09. The van der Waals surface area contributed by atoms with Gasteiger partial charge >= 0.3 is 0 Å². The third-order valence-electron chi connectivity index (χ3n) is 5.19. The molecule has 0 radical (unpaired) electrons. The van der Waals surface area contributed by atoms with Crippen molar-refractivity contribution < 1.29 is 13.6 Å². The first kappa shape index (κ1) is 15.4. The molecule has 1 amide bonds. The number of carbonyl (C=O) groups excluding carboxylic acids is 1. The van der Waals surface area contributed by atoms with Crippen molar-refractivity contribution in [1.29, 1.82) is 0 Å². The van der Waals surface area contributed by atoms with Gasteiger partial charge in [-0.2, -0.15) is 0 Å². The van der Waals surface area contributed by atoms with Gasteiger partial charge in [0.15, 0.2) is 0 Å². The SMILES string of the molecule is CCN(Cc1c(F)cccc1F)C(=O)C1CC12CCNCC2. The number of hydrogen-bond acceptors (Lipinski definition) is 2. The molecule has 1 N–H and O–H groups in total. The molecular formula is C17H22F2N2O. The molecule has 22 heavy (non-hydrogen) atoms. The van der Waals surface area contributed by atoms with E-state index in [0.29, 0.717) is 6.54 Å². The van der Waals surface area contributed by atoms with Crippen LogP contribution in [0.4, 0.5) is 8.78 Å². The second-order valence-electron chi connectivity index (χ2n) is 6.42. The number of amides is 1. The summed E-state index contributed by atoms with van der Waals surface area (Å²) < 4.78 is 27.6. The van der Waals surface area contributed by atoms with Gasteiger partial charge in [0, 0.05) is 18.0 Å². The predicted octanol–water partition coefficient (Wildman–Crippen LogP) is 2.70. The molecule has 1 spiro atoms. The topological polar surface area (TPSA) is 32.3 Å². The second-order valence-corrected chi connectivity index (χ2v) is 6.42. The van der Waals surface area contributed by atoms with Gasteiger partial charge in [0.05, 0.1) is 6.54 Å². The Morgan fingerprint density at radius 1 is 1.32 bits per heavy atom. The highest BCUT2D eigenvalue weighted by molar-refractivity contribution is 5.82. The van der Waals surface area contributed by atoms with E-state index in [1.807, 2.05) is 6.92 Å². The maximum Gasteiger partial charge on any atom is 0.226 e. The largest absolute Gasteiger partial charge is 0.338 e. The van der Waals surface area contributed by atoms with Crippen molar-refractivity contribution in [2.75, 3.05) is 19.6 Å². The fourth-order valence-electron chi connectivity index (χ4n) is 3.61. The smallest absolute Gasteiger partial charge is 0.226 e. The van der Waals surface area contributed by atoms with Crippen LogP contribution in [0.5, 0.6) is 0 Å². The van der Waals surface area contributed by atoms with Gasteiger partial charge in [-0.1, -0.05) is 6.07 Å². The van der Waals surface area contributed by atoms with E-state index in [0.717, 1.165) is 32.4 Å². The van der Waals surface area contributed by atoms with Gasteiger partial charge in [0.2, 0.25) is 5.91 Å². The van der Waals surface area contributed by atoms with Crippen LogP contribution >= 0.6 is 0 Å². The molecule has 0 bridgehead atoms. The normalized spacial score (nSPS) is 22.6. The van der Waals surface area contributed by atoms with Crippen LogP contribution in [-0.4, -0.2) is 30.4 Å². The first-order valence-electron chi connectivity index (χ1n) is 8.00.